The van der Waals surface area contributed by atoms with E-state index in [1.54, 1.807) is 0 Å². The molecule has 1 aromatic rings. The molecular formula is C12H26ClN5. The van der Waals surface area contributed by atoms with E-state index in [0.29, 0.717) is 0 Å². The van der Waals surface area contributed by atoms with Crippen molar-refractivity contribution in [3.63, 3.8) is 0 Å². The molecule has 0 unspecified atom stereocenters. The molecule has 0 saturated heterocycles. The first-order valence-electron chi connectivity index (χ1n) is 5.89. The smallest absolute Gasteiger partial charge is 0.120 e. The monoisotopic (exact) mass is 275 g/mol. The highest BCUT2D eigenvalue weighted by atomic mass is 35.5. The summed E-state index contributed by atoms with van der Waals surface area (Å²) >= 11 is 0. The molecule has 0 spiro atoms. The second-order valence-electron chi connectivity index (χ2n) is 5.32. The van der Waals surface area contributed by atoms with Gasteiger partial charge < -0.3 is 19.7 Å². The summed E-state index contributed by atoms with van der Waals surface area (Å²) in [5, 5.41) is 0. The van der Waals surface area contributed by atoms with E-state index in [1.807, 2.05) is 0 Å². The number of nitrogens with zero attached hydrogens (tertiary/aromatic N) is 4. The molecule has 0 fully saturated rings. The van der Waals surface area contributed by atoms with E-state index < -0.39 is 0 Å². The summed E-state index contributed by atoms with van der Waals surface area (Å²) in [6, 6.07) is 0. The Morgan fingerprint density at radius 1 is 0.833 bits per heavy atom. The van der Waals surface area contributed by atoms with Crippen molar-refractivity contribution in [2.45, 2.75) is 19.6 Å². The Balaban J connectivity index is 0.00000289. The molecule has 0 bridgehead atoms. The van der Waals surface area contributed by atoms with Crippen molar-refractivity contribution < 1.29 is 0 Å². The van der Waals surface area contributed by atoms with Gasteiger partial charge in [0.25, 0.3) is 0 Å². The Labute approximate surface area is 117 Å². The Hall–Kier alpha value is -0.620. The van der Waals surface area contributed by atoms with Crippen LogP contribution >= 0.6 is 12.4 Å². The number of aromatic nitrogens is 2. The van der Waals surface area contributed by atoms with Gasteiger partial charge in [0.15, 0.2) is 0 Å². The topological polar surface area (TPSA) is 38.4 Å². The number of imidazole rings is 1. The number of nitrogens with one attached hydrogen (secondary N) is 1. The highest BCUT2D eigenvalue weighted by Crippen LogP contribution is 2.11. The summed E-state index contributed by atoms with van der Waals surface area (Å²) in [5.41, 5.74) is 2.38. The standard InChI is InChI=1S/C12H25N5.ClH/c1-15(2)7-10-11(8-16(3)4)14-12(13-10)9-17(5)6;/h7-9H2,1-6H3,(H,13,14);1H. The number of hydrogen-bond donors (Lipinski definition) is 1. The van der Waals surface area contributed by atoms with Gasteiger partial charge in [0.1, 0.15) is 5.82 Å². The average Bonchev–Trinajstić information content (AvgIpc) is 2.44. The highest BCUT2D eigenvalue weighted by Gasteiger charge is 2.12. The minimum absolute atomic E-state index is 0. The molecule has 5 nitrogen and oxygen atoms in total. The molecule has 0 atom stereocenters. The van der Waals surface area contributed by atoms with Crippen molar-refractivity contribution in [2.75, 3.05) is 42.3 Å². The van der Waals surface area contributed by atoms with E-state index in [0.717, 1.165) is 31.2 Å². The predicted molar refractivity (Wildman–Crippen MR) is 78.0 cm³/mol. The fraction of sp³-hybridized carbons (Fsp3) is 0.750. The second kappa shape index (κ2) is 7.74. The first-order valence-corrected chi connectivity index (χ1v) is 5.89. The minimum atomic E-state index is 0. The fourth-order valence-corrected chi connectivity index (χ4v) is 1.76. The van der Waals surface area contributed by atoms with Crippen LogP contribution in [0, 0.1) is 0 Å². The van der Waals surface area contributed by atoms with Gasteiger partial charge in [-0.3, -0.25) is 0 Å². The van der Waals surface area contributed by atoms with Gasteiger partial charge in [0.05, 0.1) is 17.9 Å². The molecule has 106 valence electrons. The molecule has 1 heterocycles. The third-order valence-electron chi connectivity index (χ3n) is 2.32. The van der Waals surface area contributed by atoms with Crippen LogP contribution in [0.2, 0.25) is 0 Å². The lowest BCUT2D eigenvalue weighted by Crippen LogP contribution is -2.16. The number of rotatable bonds is 6. The summed E-state index contributed by atoms with van der Waals surface area (Å²) in [7, 11) is 12.4. The molecular weight excluding hydrogens is 250 g/mol. The number of halogens is 1. The third-order valence-corrected chi connectivity index (χ3v) is 2.32. The van der Waals surface area contributed by atoms with Gasteiger partial charge in [0.2, 0.25) is 0 Å². The van der Waals surface area contributed by atoms with Crippen molar-refractivity contribution in [1.82, 2.24) is 24.7 Å². The lowest BCUT2D eigenvalue weighted by Gasteiger charge is -2.12. The molecule has 18 heavy (non-hydrogen) atoms. The number of hydrogen-bond acceptors (Lipinski definition) is 4. The van der Waals surface area contributed by atoms with Crippen LogP contribution in [0.3, 0.4) is 0 Å². The average molecular weight is 276 g/mol. The van der Waals surface area contributed by atoms with Gasteiger partial charge in [-0.2, -0.15) is 0 Å². The number of H-pyrrole nitrogens is 1. The van der Waals surface area contributed by atoms with E-state index in [2.05, 4.69) is 67.0 Å². The molecule has 0 amide bonds. The molecule has 1 N–H and O–H groups in total. The Bertz CT molecular complexity index is 319. The Kier molecular flexibility index (Phi) is 7.47. The van der Waals surface area contributed by atoms with Gasteiger partial charge in [0, 0.05) is 13.1 Å². The van der Waals surface area contributed by atoms with Crippen LogP contribution in [0.25, 0.3) is 0 Å². The highest BCUT2D eigenvalue weighted by molar-refractivity contribution is 5.85. The van der Waals surface area contributed by atoms with Crippen molar-refractivity contribution in [1.29, 1.82) is 0 Å². The SMILES string of the molecule is CN(C)Cc1nc(CN(C)C)c(CN(C)C)[nH]1.Cl. The zero-order chi connectivity index (χ0) is 13.0. The third kappa shape index (κ3) is 5.82. The lowest BCUT2D eigenvalue weighted by atomic mass is 10.3. The lowest BCUT2D eigenvalue weighted by molar-refractivity contribution is 0.375. The van der Waals surface area contributed by atoms with Gasteiger partial charge in [-0.25, -0.2) is 4.98 Å². The molecule has 0 aliphatic carbocycles. The molecule has 0 radical (unpaired) electrons. The van der Waals surface area contributed by atoms with Crippen LogP contribution in [-0.4, -0.2) is 67.0 Å². The molecule has 1 aromatic heterocycles. The van der Waals surface area contributed by atoms with E-state index in [1.165, 1.54) is 5.69 Å². The van der Waals surface area contributed by atoms with Crippen LogP contribution in [0.15, 0.2) is 0 Å². The van der Waals surface area contributed by atoms with Gasteiger partial charge in [-0.1, -0.05) is 0 Å². The van der Waals surface area contributed by atoms with E-state index in [9.17, 15) is 0 Å². The molecule has 6 heteroatoms. The normalized spacial score (nSPS) is 11.4. The van der Waals surface area contributed by atoms with Gasteiger partial charge in [-0.05, 0) is 42.3 Å². The van der Waals surface area contributed by atoms with Crippen LogP contribution in [0.1, 0.15) is 17.2 Å². The molecule has 0 aromatic carbocycles. The maximum absolute atomic E-state index is 4.68. The Morgan fingerprint density at radius 3 is 1.78 bits per heavy atom. The van der Waals surface area contributed by atoms with E-state index in [-0.39, 0.29) is 12.4 Å². The van der Waals surface area contributed by atoms with Crippen LogP contribution < -0.4 is 0 Å². The van der Waals surface area contributed by atoms with E-state index >= 15 is 0 Å². The molecule has 1 rings (SSSR count). The second-order valence-corrected chi connectivity index (χ2v) is 5.32. The van der Waals surface area contributed by atoms with Gasteiger partial charge in [-0.15, -0.1) is 12.4 Å². The molecule has 0 aliphatic rings. The summed E-state index contributed by atoms with van der Waals surface area (Å²) in [5.74, 6) is 1.05. The summed E-state index contributed by atoms with van der Waals surface area (Å²) < 4.78 is 0. The fourth-order valence-electron chi connectivity index (χ4n) is 1.76. The zero-order valence-electron chi connectivity index (χ0n) is 12.3. The largest absolute Gasteiger partial charge is 0.343 e. The summed E-state index contributed by atoms with van der Waals surface area (Å²) in [4.78, 5) is 14.5. The van der Waals surface area contributed by atoms with E-state index in [4.69, 9.17) is 0 Å². The van der Waals surface area contributed by atoms with Crippen LogP contribution in [0.4, 0.5) is 0 Å². The predicted octanol–water partition coefficient (Wildman–Crippen LogP) is 1.02. The van der Waals surface area contributed by atoms with Crippen molar-refractivity contribution >= 4 is 12.4 Å². The zero-order valence-corrected chi connectivity index (χ0v) is 13.1. The minimum Gasteiger partial charge on any atom is -0.343 e. The first kappa shape index (κ1) is 17.4. The van der Waals surface area contributed by atoms with Crippen molar-refractivity contribution in [3.05, 3.63) is 17.2 Å². The summed E-state index contributed by atoms with van der Waals surface area (Å²) in [6.45, 7) is 2.64. The van der Waals surface area contributed by atoms with Crippen molar-refractivity contribution in [2.24, 2.45) is 0 Å². The maximum atomic E-state index is 4.68. The van der Waals surface area contributed by atoms with Gasteiger partial charge >= 0.3 is 0 Å². The van der Waals surface area contributed by atoms with Crippen LogP contribution in [-0.2, 0) is 19.6 Å². The summed E-state index contributed by atoms with van der Waals surface area (Å²) in [6.07, 6.45) is 0. The maximum Gasteiger partial charge on any atom is 0.120 e. The Morgan fingerprint density at radius 2 is 1.33 bits per heavy atom. The van der Waals surface area contributed by atoms with Crippen LogP contribution in [0.5, 0.6) is 0 Å². The number of aromatic amines is 1. The molecule has 0 aliphatic heterocycles. The first-order chi connectivity index (χ1) is 7.88. The molecule has 0 saturated carbocycles. The quantitative estimate of drug-likeness (QED) is 0.841. The van der Waals surface area contributed by atoms with Crippen molar-refractivity contribution in [3.8, 4) is 0 Å².